The molecule has 0 radical (unpaired) electrons. The van der Waals surface area contributed by atoms with Gasteiger partial charge in [-0.05, 0) is 19.1 Å². The van der Waals surface area contributed by atoms with Gasteiger partial charge in [-0.2, -0.15) is 0 Å². The number of hydrogen-bond acceptors (Lipinski definition) is 3. The van der Waals surface area contributed by atoms with Crippen molar-refractivity contribution < 1.29 is 9.53 Å². The highest BCUT2D eigenvalue weighted by Crippen LogP contribution is 2.32. The zero-order valence-corrected chi connectivity index (χ0v) is 13.3. The van der Waals surface area contributed by atoms with Crippen LogP contribution in [-0.4, -0.2) is 13.0 Å². The standard InChI is InChI=1S/C14H13Cl2NO2S/c1-8(9-5-3-4-6-11(9)19-2)17-14(18)10-7-12(15)20-13(10)16/h3-8H,1-2H3,(H,17,18). The van der Waals surface area contributed by atoms with Crippen LogP contribution in [0.2, 0.25) is 8.67 Å². The van der Waals surface area contributed by atoms with Crippen molar-refractivity contribution in [1.82, 2.24) is 5.32 Å². The number of methoxy groups -OCH3 is 1. The molecule has 0 aliphatic rings. The molecule has 1 aromatic carbocycles. The van der Waals surface area contributed by atoms with Crippen molar-refractivity contribution in [3.8, 4) is 5.75 Å². The molecule has 1 heterocycles. The predicted octanol–water partition coefficient (Wildman–Crippen LogP) is 4.55. The third-order valence-electron chi connectivity index (χ3n) is 2.85. The van der Waals surface area contributed by atoms with E-state index < -0.39 is 0 Å². The first-order valence-electron chi connectivity index (χ1n) is 5.91. The van der Waals surface area contributed by atoms with Gasteiger partial charge < -0.3 is 10.1 Å². The Labute approximate surface area is 131 Å². The monoisotopic (exact) mass is 329 g/mol. The molecule has 2 aromatic rings. The van der Waals surface area contributed by atoms with Gasteiger partial charge in [-0.25, -0.2) is 0 Å². The molecule has 1 unspecified atom stereocenters. The van der Waals surface area contributed by atoms with Crippen molar-refractivity contribution in [3.05, 3.63) is 50.1 Å². The number of ether oxygens (including phenoxy) is 1. The highest BCUT2D eigenvalue weighted by atomic mass is 35.5. The lowest BCUT2D eigenvalue weighted by Crippen LogP contribution is -2.26. The van der Waals surface area contributed by atoms with E-state index in [-0.39, 0.29) is 11.9 Å². The van der Waals surface area contributed by atoms with Crippen LogP contribution in [0.25, 0.3) is 0 Å². The van der Waals surface area contributed by atoms with Crippen LogP contribution in [0.1, 0.15) is 28.9 Å². The summed E-state index contributed by atoms with van der Waals surface area (Å²) >= 11 is 13.0. The topological polar surface area (TPSA) is 38.3 Å². The first-order chi connectivity index (χ1) is 9.52. The van der Waals surface area contributed by atoms with Gasteiger partial charge in [-0.3, -0.25) is 4.79 Å². The lowest BCUT2D eigenvalue weighted by molar-refractivity contribution is 0.0940. The lowest BCUT2D eigenvalue weighted by atomic mass is 10.1. The third-order valence-corrected chi connectivity index (χ3v) is 4.34. The molecule has 1 amide bonds. The molecular formula is C14H13Cl2NO2S. The molecular weight excluding hydrogens is 317 g/mol. The molecule has 0 aliphatic heterocycles. The summed E-state index contributed by atoms with van der Waals surface area (Å²) in [5, 5.41) is 2.89. The van der Waals surface area contributed by atoms with Gasteiger partial charge >= 0.3 is 0 Å². The van der Waals surface area contributed by atoms with Gasteiger partial charge in [-0.15, -0.1) is 11.3 Å². The zero-order valence-electron chi connectivity index (χ0n) is 10.9. The Morgan fingerprint density at radius 1 is 1.35 bits per heavy atom. The van der Waals surface area contributed by atoms with E-state index in [4.69, 9.17) is 27.9 Å². The van der Waals surface area contributed by atoms with Crippen molar-refractivity contribution in [2.75, 3.05) is 7.11 Å². The minimum absolute atomic E-state index is 0.201. The summed E-state index contributed by atoms with van der Waals surface area (Å²) in [7, 11) is 1.60. The normalized spacial score (nSPS) is 12.0. The molecule has 1 atom stereocenters. The van der Waals surface area contributed by atoms with E-state index in [1.165, 1.54) is 11.3 Å². The molecule has 2 rings (SSSR count). The average molecular weight is 330 g/mol. The summed E-state index contributed by atoms with van der Waals surface area (Å²) in [4.78, 5) is 12.2. The van der Waals surface area contributed by atoms with E-state index in [0.29, 0.717) is 14.2 Å². The van der Waals surface area contributed by atoms with E-state index in [0.717, 1.165) is 11.3 Å². The quantitative estimate of drug-likeness (QED) is 0.893. The van der Waals surface area contributed by atoms with Gasteiger partial charge in [0, 0.05) is 5.56 Å². The number of carbonyl (C=O) groups is 1. The minimum Gasteiger partial charge on any atom is -0.496 e. The smallest absolute Gasteiger partial charge is 0.254 e. The van der Waals surface area contributed by atoms with Gasteiger partial charge in [0.15, 0.2) is 0 Å². The second-order valence-electron chi connectivity index (χ2n) is 4.17. The van der Waals surface area contributed by atoms with Crippen LogP contribution in [0.3, 0.4) is 0 Å². The maximum absolute atomic E-state index is 12.2. The second kappa shape index (κ2) is 6.48. The van der Waals surface area contributed by atoms with Crippen molar-refractivity contribution in [2.24, 2.45) is 0 Å². The van der Waals surface area contributed by atoms with Gasteiger partial charge in [0.1, 0.15) is 10.1 Å². The van der Waals surface area contributed by atoms with Crippen LogP contribution in [0.4, 0.5) is 0 Å². The zero-order chi connectivity index (χ0) is 14.7. The Morgan fingerprint density at radius 3 is 2.65 bits per heavy atom. The highest BCUT2D eigenvalue weighted by Gasteiger charge is 2.18. The van der Waals surface area contributed by atoms with Crippen LogP contribution in [-0.2, 0) is 0 Å². The van der Waals surface area contributed by atoms with E-state index >= 15 is 0 Å². The number of thiophene rings is 1. The maximum atomic E-state index is 12.2. The number of para-hydroxylation sites is 1. The van der Waals surface area contributed by atoms with E-state index in [1.54, 1.807) is 13.2 Å². The summed E-state index contributed by atoms with van der Waals surface area (Å²) in [5.74, 6) is 0.478. The minimum atomic E-state index is -0.253. The van der Waals surface area contributed by atoms with Gasteiger partial charge in [0.25, 0.3) is 5.91 Å². The largest absolute Gasteiger partial charge is 0.496 e. The van der Waals surface area contributed by atoms with Crippen LogP contribution < -0.4 is 10.1 Å². The Kier molecular flexibility index (Phi) is 4.91. The molecule has 106 valence electrons. The van der Waals surface area contributed by atoms with Crippen LogP contribution in [0.15, 0.2) is 30.3 Å². The molecule has 3 nitrogen and oxygen atoms in total. The molecule has 0 spiro atoms. The van der Waals surface area contributed by atoms with Crippen molar-refractivity contribution in [2.45, 2.75) is 13.0 Å². The highest BCUT2D eigenvalue weighted by molar-refractivity contribution is 7.20. The van der Waals surface area contributed by atoms with Gasteiger partial charge in [-0.1, -0.05) is 41.4 Å². The second-order valence-corrected chi connectivity index (χ2v) is 6.46. The number of amides is 1. The number of carbonyl (C=O) groups excluding carboxylic acids is 1. The Hall–Kier alpha value is -1.23. The fraction of sp³-hybridized carbons (Fsp3) is 0.214. The van der Waals surface area contributed by atoms with Crippen LogP contribution in [0, 0.1) is 0 Å². The Morgan fingerprint density at radius 2 is 2.05 bits per heavy atom. The maximum Gasteiger partial charge on any atom is 0.254 e. The van der Waals surface area contributed by atoms with Crippen LogP contribution >= 0.6 is 34.5 Å². The van der Waals surface area contributed by atoms with Gasteiger partial charge in [0.05, 0.1) is 23.1 Å². The summed E-state index contributed by atoms with van der Waals surface area (Å²) in [6, 6.07) is 8.91. The molecule has 6 heteroatoms. The first kappa shape index (κ1) is 15.2. The Balaban J connectivity index is 2.17. The van der Waals surface area contributed by atoms with Crippen LogP contribution in [0.5, 0.6) is 5.75 Å². The third kappa shape index (κ3) is 3.26. The number of halogens is 2. The molecule has 0 aliphatic carbocycles. The number of rotatable bonds is 4. The molecule has 20 heavy (non-hydrogen) atoms. The Bertz CT molecular complexity index is 627. The summed E-state index contributed by atoms with van der Waals surface area (Å²) in [6.07, 6.45) is 0. The fourth-order valence-corrected chi connectivity index (χ4v) is 3.33. The van der Waals surface area contributed by atoms with Crippen molar-refractivity contribution in [1.29, 1.82) is 0 Å². The SMILES string of the molecule is COc1ccccc1C(C)NC(=O)c1cc(Cl)sc1Cl. The summed E-state index contributed by atoms with van der Waals surface area (Å²) in [6.45, 7) is 1.89. The lowest BCUT2D eigenvalue weighted by Gasteiger charge is -2.17. The fourth-order valence-electron chi connectivity index (χ4n) is 1.87. The summed E-state index contributed by atoms with van der Waals surface area (Å²) < 4.78 is 6.16. The number of benzene rings is 1. The molecule has 0 fully saturated rings. The van der Waals surface area contributed by atoms with Crippen molar-refractivity contribution >= 4 is 40.4 Å². The number of hydrogen-bond donors (Lipinski definition) is 1. The van der Waals surface area contributed by atoms with Gasteiger partial charge in [0.2, 0.25) is 0 Å². The molecule has 0 saturated heterocycles. The van der Waals surface area contributed by atoms with E-state index in [2.05, 4.69) is 5.32 Å². The number of nitrogens with one attached hydrogen (secondary N) is 1. The average Bonchev–Trinajstić information content (AvgIpc) is 2.77. The predicted molar refractivity (Wildman–Crippen MR) is 83.2 cm³/mol. The molecule has 1 N–H and O–H groups in total. The molecule has 1 aromatic heterocycles. The van der Waals surface area contributed by atoms with E-state index in [1.807, 2.05) is 31.2 Å². The summed E-state index contributed by atoms with van der Waals surface area (Å²) in [5.41, 5.74) is 1.30. The molecule has 0 saturated carbocycles. The van der Waals surface area contributed by atoms with Crippen molar-refractivity contribution in [3.63, 3.8) is 0 Å². The van der Waals surface area contributed by atoms with E-state index in [9.17, 15) is 4.79 Å². The molecule has 0 bridgehead atoms. The first-order valence-corrected chi connectivity index (χ1v) is 7.48.